The lowest BCUT2D eigenvalue weighted by Gasteiger charge is -2.08. The summed E-state index contributed by atoms with van der Waals surface area (Å²) in [7, 11) is -3.85. The van der Waals surface area contributed by atoms with E-state index in [1.807, 2.05) is 0 Å². The average molecular weight is 486 g/mol. The van der Waals surface area contributed by atoms with E-state index in [-0.39, 0.29) is 17.3 Å². The Labute approximate surface area is 192 Å². The number of thiazole rings is 1. The number of aromatic nitrogens is 3. The summed E-state index contributed by atoms with van der Waals surface area (Å²) < 4.78 is 25.2. The first kappa shape index (κ1) is 22.6. The van der Waals surface area contributed by atoms with Gasteiger partial charge < -0.3 is 5.32 Å². The molecule has 1 aromatic carbocycles. The number of benzene rings is 1. The van der Waals surface area contributed by atoms with Gasteiger partial charge in [0.25, 0.3) is 11.5 Å². The molecule has 3 aromatic heterocycles. The van der Waals surface area contributed by atoms with Crippen LogP contribution in [-0.2, 0) is 23.1 Å². The van der Waals surface area contributed by atoms with Crippen LogP contribution in [-0.4, -0.2) is 28.3 Å². The van der Waals surface area contributed by atoms with E-state index in [9.17, 15) is 22.8 Å². The van der Waals surface area contributed by atoms with Crippen LogP contribution in [0.15, 0.2) is 69.5 Å². The van der Waals surface area contributed by atoms with Gasteiger partial charge in [-0.25, -0.2) is 18.4 Å². The van der Waals surface area contributed by atoms with Gasteiger partial charge in [-0.2, -0.15) is 0 Å². The summed E-state index contributed by atoms with van der Waals surface area (Å²) in [6, 6.07) is 9.16. The van der Waals surface area contributed by atoms with Gasteiger partial charge >= 0.3 is 5.69 Å². The molecule has 33 heavy (non-hydrogen) atoms. The van der Waals surface area contributed by atoms with Gasteiger partial charge in [0.2, 0.25) is 10.0 Å². The minimum absolute atomic E-state index is 0.0637. The van der Waals surface area contributed by atoms with Crippen molar-refractivity contribution in [1.29, 1.82) is 0 Å². The monoisotopic (exact) mass is 485 g/mol. The van der Waals surface area contributed by atoms with E-state index in [4.69, 9.17) is 5.14 Å². The maximum atomic E-state index is 13.0. The molecule has 3 N–H and O–H groups in total. The molecular formula is C21H19N5O5S2. The molecule has 0 aliphatic rings. The standard InChI is InChI=1S/C21H19N5O5S2/c1-13-19(28)25(11-15-2-4-16(5-3-15)33(22,30)31)21(29)26-12-17(32-20(13)26)18(27)24-10-14-6-8-23-9-7-14/h2-9,12H,10-11H2,1H3,(H,24,27)(H2,22,30,31). The summed E-state index contributed by atoms with van der Waals surface area (Å²) in [6.45, 7) is 1.82. The summed E-state index contributed by atoms with van der Waals surface area (Å²) >= 11 is 1.06. The molecule has 10 nitrogen and oxygen atoms in total. The number of nitrogens with zero attached hydrogens (tertiary/aromatic N) is 3. The van der Waals surface area contributed by atoms with Gasteiger partial charge in [-0.3, -0.25) is 23.5 Å². The molecule has 0 aliphatic carbocycles. The van der Waals surface area contributed by atoms with Crippen LogP contribution >= 0.6 is 11.3 Å². The van der Waals surface area contributed by atoms with Crippen molar-refractivity contribution in [2.45, 2.75) is 24.9 Å². The van der Waals surface area contributed by atoms with Crippen LogP contribution in [0, 0.1) is 6.92 Å². The van der Waals surface area contributed by atoms with Crippen LogP contribution in [0.4, 0.5) is 0 Å². The quantitative estimate of drug-likeness (QED) is 0.414. The molecular weight excluding hydrogens is 466 g/mol. The molecule has 0 saturated carbocycles. The molecule has 0 radical (unpaired) electrons. The van der Waals surface area contributed by atoms with Crippen LogP contribution in [0.2, 0.25) is 0 Å². The van der Waals surface area contributed by atoms with Gasteiger partial charge in [-0.05, 0) is 42.3 Å². The predicted molar refractivity (Wildman–Crippen MR) is 123 cm³/mol. The lowest BCUT2D eigenvalue weighted by atomic mass is 10.2. The van der Waals surface area contributed by atoms with Crippen LogP contribution in [0.1, 0.15) is 26.4 Å². The zero-order chi connectivity index (χ0) is 23.8. The summed E-state index contributed by atoms with van der Waals surface area (Å²) in [5.41, 5.74) is 0.669. The lowest BCUT2D eigenvalue weighted by molar-refractivity contribution is 0.0954. The number of pyridine rings is 1. The Morgan fingerprint density at radius 1 is 1.09 bits per heavy atom. The highest BCUT2D eigenvalue weighted by molar-refractivity contribution is 7.89. The molecule has 0 atom stereocenters. The molecule has 4 aromatic rings. The van der Waals surface area contributed by atoms with E-state index < -0.39 is 21.3 Å². The van der Waals surface area contributed by atoms with E-state index in [0.29, 0.717) is 27.4 Å². The highest BCUT2D eigenvalue weighted by Gasteiger charge is 2.18. The maximum absolute atomic E-state index is 13.0. The van der Waals surface area contributed by atoms with Gasteiger partial charge in [0.05, 0.1) is 11.4 Å². The molecule has 0 aliphatic heterocycles. The van der Waals surface area contributed by atoms with E-state index in [2.05, 4.69) is 10.3 Å². The third-order valence-electron chi connectivity index (χ3n) is 5.01. The number of carbonyl (C=O) groups is 1. The molecule has 0 unspecified atom stereocenters. The first-order chi connectivity index (χ1) is 15.6. The molecule has 0 saturated heterocycles. The molecule has 3 heterocycles. The van der Waals surface area contributed by atoms with E-state index in [1.165, 1.54) is 34.9 Å². The first-order valence-electron chi connectivity index (χ1n) is 9.69. The Morgan fingerprint density at radius 2 is 1.76 bits per heavy atom. The lowest BCUT2D eigenvalue weighted by Crippen LogP contribution is -2.38. The number of carbonyl (C=O) groups excluding carboxylic acids is 1. The highest BCUT2D eigenvalue weighted by atomic mass is 32.2. The second kappa shape index (κ2) is 8.73. The summed E-state index contributed by atoms with van der Waals surface area (Å²) in [5.74, 6) is -0.364. The molecule has 1 amide bonds. The number of aryl methyl sites for hydroxylation is 1. The van der Waals surface area contributed by atoms with Crippen molar-refractivity contribution in [3.05, 3.63) is 97.4 Å². The molecule has 170 valence electrons. The van der Waals surface area contributed by atoms with E-state index in [1.54, 1.807) is 31.5 Å². The molecule has 0 fully saturated rings. The number of nitrogens with two attached hydrogens (primary N) is 1. The fourth-order valence-electron chi connectivity index (χ4n) is 3.25. The van der Waals surface area contributed by atoms with Gasteiger partial charge in [0, 0.05) is 30.7 Å². The van der Waals surface area contributed by atoms with Crippen molar-refractivity contribution in [1.82, 2.24) is 19.3 Å². The first-order valence-corrected chi connectivity index (χ1v) is 12.1. The Balaban J connectivity index is 1.65. The third-order valence-corrected chi connectivity index (χ3v) is 7.15. The zero-order valence-corrected chi connectivity index (χ0v) is 19.0. The summed E-state index contributed by atoms with van der Waals surface area (Å²) in [5, 5.41) is 7.89. The largest absolute Gasteiger partial charge is 0.347 e. The van der Waals surface area contributed by atoms with Crippen molar-refractivity contribution in [2.75, 3.05) is 0 Å². The zero-order valence-electron chi connectivity index (χ0n) is 17.4. The number of hydrogen-bond acceptors (Lipinski definition) is 7. The van der Waals surface area contributed by atoms with Crippen molar-refractivity contribution in [3.8, 4) is 0 Å². The van der Waals surface area contributed by atoms with Crippen LogP contribution in [0.25, 0.3) is 4.83 Å². The summed E-state index contributed by atoms with van der Waals surface area (Å²) in [4.78, 5) is 43.0. The minimum atomic E-state index is -3.85. The molecule has 0 spiro atoms. The molecule has 4 rings (SSSR count). The fraction of sp³-hybridized carbons (Fsp3) is 0.143. The number of primary sulfonamides is 1. The van der Waals surface area contributed by atoms with Gasteiger partial charge in [-0.15, -0.1) is 11.3 Å². The number of rotatable bonds is 6. The Bertz CT molecular complexity index is 1570. The van der Waals surface area contributed by atoms with Crippen LogP contribution in [0.3, 0.4) is 0 Å². The normalized spacial score (nSPS) is 11.6. The van der Waals surface area contributed by atoms with Crippen molar-refractivity contribution >= 4 is 32.1 Å². The van der Waals surface area contributed by atoms with Crippen LogP contribution < -0.4 is 21.7 Å². The van der Waals surface area contributed by atoms with E-state index >= 15 is 0 Å². The SMILES string of the molecule is Cc1c(=O)n(Cc2ccc(S(N)(=O)=O)cc2)c(=O)n2cc(C(=O)NCc3ccncc3)sc12. The summed E-state index contributed by atoms with van der Waals surface area (Å²) in [6.07, 6.45) is 4.67. The number of sulfonamides is 1. The van der Waals surface area contributed by atoms with Gasteiger partial charge in [-0.1, -0.05) is 12.1 Å². The van der Waals surface area contributed by atoms with Crippen LogP contribution in [0.5, 0.6) is 0 Å². The third kappa shape index (κ3) is 4.62. The van der Waals surface area contributed by atoms with Crippen molar-refractivity contribution in [3.63, 3.8) is 0 Å². The Morgan fingerprint density at radius 3 is 2.39 bits per heavy atom. The molecule has 0 bridgehead atoms. The van der Waals surface area contributed by atoms with Gasteiger partial charge in [0.1, 0.15) is 9.71 Å². The molecule has 12 heteroatoms. The minimum Gasteiger partial charge on any atom is -0.347 e. The fourth-order valence-corrected chi connectivity index (χ4v) is 4.76. The Hall–Kier alpha value is -3.61. The topological polar surface area (TPSA) is 146 Å². The second-order valence-corrected chi connectivity index (χ2v) is 9.89. The highest BCUT2D eigenvalue weighted by Crippen LogP contribution is 2.18. The van der Waals surface area contributed by atoms with Crippen molar-refractivity contribution in [2.24, 2.45) is 5.14 Å². The van der Waals surface area contributed by atoms with Crippen molar-refractivity contribution < 1.29 is 13.2 Å². The number of amides is 1. The predicted octanol–water partition coefficient (Wildman–Crippen LogP) is 0.852. The number of nitrogens with one attached hydrogen (secondary N) is 1. The second-order valence-electron chi connectivity index (χ2n) is 7.30. The average Bonchev–Trinajstić information content (AvgIpc) is 3.25. The number of fused-ring (bicyclic) bond motifs is 1. The smallest absolute Gasteiger partial charge is 0.336 e. The Kier molecular flexibility index (Phi) is 5.97. The van der Waals surface area contributed by atoms with Gasteiger partial charge in [0.15, 0.2) is 0 Å². The van der Waals surface area contributed by atoms with E-state index in [0.717, 1.165) is 21.5 Å². The number of hydrogen-bond donors (Lipinski definition) is 2. The maximum Gasteiger partial charge on any atom is 0.336 e.